The summed E-state index contributed by atoms with van der Waals surface area (Å²) >= 11 is 0. The summed E-state index contributed by atoms with van der Waals surface area (Å²) in [6, 6.07) is 0.292. The number of nitrogens with one attached hydrogen (secondary N) is 1. The second-order valence-electron chi connectivity index (χ2n) is 8.86. The summed E-state index contributed by atoms with van der Waals surface area (Å²) in [5, 5.41) is 3.25. The first-order valence-electron chi connectivity index (χ1n) is 11.3. The number of rotatable bonds is 7. The highest BCUT2D eigenvalue weighted by molar-refractivity contribution is 5.76. The van der Waals surface area contributed by atoms with Gasteiger partial charge >= 0.3 is 0 Å². The number of carbonyl (C=O) groups is 1. The van der Waals surface area contributed by atoms with E-state index >= 15 is 0 Å². The molecule has 28 heavy (non-hydrogen) atoms. The lowest BCUT2D eigenvalue weighted by Crippen LogP contribution is -2.45. The molecule has 3 fully saturated rings. The number of amides is 1. The van der Waals surface area contributed by atoms with E-state index < -0.39 is 0 Å². The molecule has 0 unspecified atom stereocenters. The van der Waals surface area contributed by atoms with Crippen LogP contribution in [0.4, 0.5) is 5.82 Å². The maximum absolute atomic E-state index is 12.3. The first-order chi connectivity index (χ1) is 13.8. The van der Waals surface area contributed by atoms with Gasteiger partial charge in [-0.1, -0.05) is 25.7 Å². The van der Waals surface area contributed by atoms with E-state index in [1.165, 1.54) is 51.4 Å². The van der Waals surface area contributed by atoms with Gasteiger partial charge in [0.15, 0.2) is 5.82 Å². The van der Waals surface area contributed by atoms with Gasteiger partial charge in [0.2, 0.25) is 11.8 Å². The van der Waals surface area contributed by atoms with Crippen LogP contribution in [0.2, 0.25) is 0 Å². The Bertz CT molecular complexity index is 633. The summed E-state index contributed by atoms with van der Waals surface area (Å²) in [5.74, 6) is 3.06. The molecule has 1 aromatic rings. The van der Waals surface area contributed by atoms with Gasteiger partial charge in [-0.05, 0) is 50.4 Å². The maximum atomic E-state index is 12.3. The highest BCUT2D eigenvalue weighted by atomic mass is 16.5. The largest absolute Gasteiger partial charge is 0.476 e. The van der Waals surface area contributed by atoms with E-state index in [0.29, 0.717) is 30.2 Å². The first-order valence-corrected chi connectivity index (χ1v) is 11.3. The molecule has 154 valence electrons. The fourth-order valence-electron chi connectivity index (χ4n) is 4.96. The molecule has 0 aromatic carbocycles. The van der Waals surface area contributed by atoms with Gasteiger partial charge in [-0.2, -0.15) is 4.98 Å². The summed E-state index contributed by atoms with van der Waals surface area (Å²) in [4.78, 5) is 23.5. The monoisotopic (exact) mass is 386 g/mol. The third kappa shape index (κ3) is 5.36. The molecular formula is C22H34N4O2. The Hall–Kier alpha value is -1.85. The molecule has 2 saturated carbocycles. The van der Waals surface area contributed by atoms with Crippen molar-refractivity contribution in [2.75, 3.05) is 24.6 Å². The number of hydrogen-bond acceptors (Lipinski definition) is 5. The average Bonchev–Trinajstić information content (AvgIpc) is 3.41. The predicted molar refractivity (Wildman–Crippen MR) is 109 cm³/mol. The molecule has 1 amide bonds. The predicted octanol–water partition coefficient (Wildman–Crippen LogP) is 3.71. The summed E-state index contributed by atoms with van der Waals surface area (Å²) in [6.07, 6.45) is 16.4. The Kier molecular flexibility index (Phi) is 6.65. The molecule has 6 heteroatoms. The van der Waals surface area contributed by atoms with E-state index in [4.69, 9.17) is 4.74 Å². The van der Waals surface area contributed by atoms with E-state index in [1.54, 1.807) is 6.20 Å². The minimum Gasteiger partial charge on any atom is -0.476 e. The zero-order valence-corrected chi connectivity index (χ0v) is 16.9. The van der Waals surface area contributed by atoms with Crippen LogP contribution in [0.1, 0.15) is 70.6 Å². The van der Waals surface area contributed by atoms with Crippen molar-refractivity contribution in [3.05, 3.63) is 12.4 Å². The van der Waals surface area contributed by atoms with Crippen molar-refractivity contribution in [1.29, 1.82) is 0 Å². The highest BCUT2D eigenvalue weighted by Gasteiger charge is 2.24. The zero-order valence-electron chi connectivity index (χ0n) is 16.9. The molecule has 1 saturated heterocycles. The van der Waals surface area contributed by atoms with Crippen LogP contribution < -0.4 is 15.0 Å². The topological polar surface area (TPSA) is 67.4 Å². The van der Waals surface area contributed by atoms with E-state index in [9.17, 15) is 4.79 Å². The van der Waals surface area contributed by atoms with E-state index in [-0.39, 0.29) is 5.91 Å². The number of hydrogen-bond donors (Lipinski definition) is 1. The van der Waals surface area contributed by atoms with Gasteiger partial charge in [0.25, 0.3) is 0 Å². The third-order valence-electron chi connectivity index (χ3n) is 6.67. The van der Waals surface area contributed by atoms with Gasteiger partial charge < -0.3 is 15.0 Å². The van der Waals surface area contributed by atoms with E-state index in [0.717, 1.165) is 38.4 Å². The lowest BCUT2D eigenvalue weighted by atomic mass is 10.0. The Balaban J connectivity index is 1.21. The van der Waals surface area contributed by atoms with Crippen LogP contribution in [0, 0.1) is 11.8 Å². The minimum atomic E-state index is 0.243. The molecular weight excluding hydrogens is 352 g/mol. The summed E-state index contributed by atoms with van der Waals surface area (Å²) in [7, 11) is 0. The van der Waals surface area contributed by atoms with Gasteiger partial charge in [0.1, 0.15) is 0 Å². The van der Waals surface area contributed by atoms with Crippen molar-refractivity contribution in [3.8, 4) is 5.88 Å². The number of anilines is 1. The van der Waals surface area contributed by atoms with Gasteiger partial charge in [-0.3, -0.25) is 9.78 Å². The molecule has 1 N–H and O–H groups in total. The van der Waals surface area contributed by atoms with E-state index in [1.807, 2.05) is 6.20 Å². The zero-order chi connectivity index (χ0) is 19.2. The average molecular weight is 387 g/mol. The minimum absolute atomic E-state index is 0.243. The normalized spacial score (nSPS) is 21.9. The molecule has 2 heterocycles. The van der Waals surface area contributed by atoms with Crippen molar-refractivity contribution < 1.29 is 9.53 Å². The number of aromatic nitrogens is 2. The molecule has 6 nitrogen and oxygen atoms in total. The molecule has 0 atom stereocenters. The molecule has 3 aliphatic rings. The number of ether oxygens (including phenoxy) is 1. The summed E-state index contributed by atoms with van der Waals surface area (Å²) in [6.45, 7) is 2.55. The van der Waals surface area contributed by atoms with Gasteiger partial charge in [0.05, 0.1) is 19.0 Å². The maximum Gasteiger partial charge on any atom is 0.234 e. The third-order valence-corrected chi connectivity index (χ3v) is 6.67. The van der Waals surface area contributed by atoms with Crippen LogP contribution in [0.25, 0.3) is 0 Å². The molecule has 1 aromatic heterocycles. The van der Waals surface area contributed by atoms with Crippen molar-refractivity contribution in [3.63, 3.8) is 0 Å². The standard InChI is InChI=1S/C22H34N4O2/c27-21(13-17-5-1-2-6-17)24-19-9-11-26(12-10-19)20-14-23-15-22(25-20)28-16-18-7-3-4-8-18/h14-15,17-19H,1-13,16H2,(H,24,27). The van der Waals surface area contributed by atoms with Crippen LogP contribution in [0.15, 0.2) is 12.4 Å². The van der Waals surface area contributed by atoms with Gasteiger partial charge in [-0.25, -0.2) is 0 Å². The Morgan fingerprint density at radius 1 is 1.00 bits per heavy atom. The first kappa shape index (κ1) is 19.5. The van der Waals surface area contributed by atoms with Crippen LogP contribution in [0.5, 0.6) is 5.88 Å². The number of nitrogens with zero attached hydrogens (tertiary/aromatic N) is 3. The molecule has 4 rings (SSSR count). The molecule has 1 aliphatic heterocycles. The summed E-state index contributed by atoms with van der Waals surface area (Å²) in [5.41, 5.74) is 0. The Morgan fingerprint density at radius 3 is 2.39 bits per heavy atom. The Morgan fingerprint density at radius 2 is 1.68 bits per heavy atom. The fraction of sp³-hybridized carbons (Fsp3) is 0.773. The molecule has 0 bridgehead atoms. The molecule has 0 radical (unpaired) electrons. The van der Waals surface area contributed by atoms with Crippen LogP contribution >= 0.6 is 0 Å². The summed E-state index contributed by atoms with van der Waals surface area (Å²) < 4.78 is 5.90. The van der Waals surface area contributed by atoms with E-state index in [2.05, 4.69) is 20.2 Å². The second-order valence-corrected chi connectivity index (χ2v) is 8.86. The second kappa shape index (κ2) is 9.57. The van der Waals surface area contributed by atoms with Crippen LogP contribution in [-0.4, -0.2) is 41.6 Å². The highest BCUT2D eigenvalue weighted by Crippen LogP contribution is 2.28. The van der Waals surface area contributed by atoms with Crippen LogP contribution in [-0.2, 0) is 4.79 Å². The fourth-order valence-corrected chi connectivity index (χ4v) is 4.96. The smallest absolute Gasteiger partial charge is 0.234 e. The number of carbonyl (C=O) groups excluding carboxylic acids is 1. The van der Waals surface area contributed by atoms with Crippen LogP contribution in [0.3, 0.4) is 0 Å². The Labute approximate surface area is 168 Å². The van der Waals surface area contributed by atoms with Gasteiger partial charge in [0, 0.05) is 25.6 Å². The van der Waals surface area contributed by atoms with Crippen molar-refractivity contribution in [1.82, 2.24) is 15.3 Å². The van der Waals surface area contributed by atoms with Crippen molar-refractivity contribution >= 4 is 11.7 Å². The lowest BCUT2D eigenvalue weighted by molar-refractivity contribution is -0.122. The quantitative estimate of drug-likeness (QED) is 0.774. The SMILES string of the molecule is O=C(CC1CCCC1)NC1CCN(c2cncc(OCC3CCCC3)n2)CC1. The molecule has 2 aliphatic carbocycles. The number of piperidine rings is 1. The van der Waals surface area contributed by atoms with Crippen molar-refractivity contribution in [2.24, 2.45) is 11.8 Å². The van der Waals surface area contributed by atoms with Gasteiger partial charge in [-0.15, -0.1) is 0 Å². The lowest BCUT2D eigenvalue weighted by Gasteiger charge is -2.33. The van der Waals surface area contributed by atoms with Crippen molar-refractivity contribution in [2.45, 2.75) is 76.7 Å². The molecule has 0 spiro atoms.